The molecule has 1 aromatic carbocycles. The summed E-state index contributed by atoms with van der Waals surface area (Å²) in [6, 6.07) is 10.6. The molecule has 0 atom stereocenters. The summed E-state index contributed by atoms with van der Waals surface area (Å²) in [6.07, 6.45) is 0. The molecule has 0 saturated heterocycles. The van der Waals surface area contributed by atoms with Crippen molar-refractivity contribution in [2.75, 3.05) is 0 Å². The van der Waals surface area contributed by atoms with Crippen LogP contribution in [0.2, 0.25) is 16.6 Å². The monoisotopic (exact) mass is 292 g/mol. The van der Waals surface area contributed by atoms with Gasteiger partial charge in [0.25, 0.3) is 0 Å². The molecule has 0 unspecified atom stereocenters. The van der Waals surface area contributed by atoms with Crippen LogP contribution in [-0.4, -0.2) is 8.32 Å². The SMILES string of the molecule is CC(C)[Si](OC(C)(C)c1ccccc1)(C(C)C)C(C)C. The minimum atomic E-state index is -1.85. The van der Waals surface area contributed by atoms with E-state index in [0.29, 0.717) is 16.6 Å². The minimum absolute atomic E-state index is 0.216. The Balaban J connectivity index is 3.19. The van der Waals surface area contributed by atoms with Crippen molar-refractivity contribution in [3.8, 4) is 0 Å². The number of benzene rings is 1. The Morgan fingerprint density at radius 3 is 1.55 bits per heavy atom. The largest absolute Gasteiger partial charge is 0.407 e. The summed E-state index contributed by atoms with van der Waals surface area (Å²) in [6.45, 7) is 18.5. The molecular weight excluding hydrogens is 260 g/mol. The standard InChI is InChI=1S/C18H32OSi/c1-14(2)20(15(3)4,16(5)6)19-18(7,8)17-12-10-9-11-13-17/h9-16H,1-8H3. The van der Waals surface area contributed by atoms with E-state index in [-0.39, 0.29) is 5.60 Å². The second kappa shape index (κ2) is 6.44. The van der Waals surface area contributed by atoms with Crippen LogP contribution in [0, 0.1) is 0 Å². The summed E-state index contributed by atoms with van der Waals surface area (Å²) in [4.78, 5) is 0. The van der Waals surface area contributed by atoms with Gasteiger partial charge in [-0.05, 0) is 36.0 Å². The lowest BCUT2D eigenvalue weighted by Crippen LogP contribution is -2.52. The van der Waals surface area contributed by atoms with Crippen molar-refractivity contribution in [3.63, 3.8) is 0 Å². The molecule has 0 amide bonds. The van der Waals surface area contributed by atoms with Crippen LogP contribution in [0.5, 0.6) is 0 Å². The third kappa shape index (κ3) is 3.34. The van der Waals surface area contributed by atoms with Crippen molar-refractivity contribution in [2.45, 2.75) is 77.6 Å². The first-order chi connectivity index (χ1) is 9.14. The lowest BCUT2D eigenvalue weighted by atomic mass is 9.99. The van der Waals surface area contributed by atoms with Gasteiger partial charge in [0.05, 0.1) is 5.60 Å². The molecule has 0 aromatic heterocycles. The molecule has 0 aliphatic rings. The maximum atomic E-state index is 6.93. The van der Waals surface area contributed by atoms with Crippen LogP contribution in [0.25, 0.3) is 0 Å². The molecule has 0 aliphatic heterocycles. The second-order valence-corrected chi connectivity index (χ2v) is 12.7. The van der Waals surface area contributed by atoms with Gasteiger partial charge in [0.1, 0.15) is 0 Å². The van der Waals surface area contributed by atoms with Crippen molar-refractivity contribution in [3.05, 3.63) is 35.9 Å². The van der Waals surface area contributed by atoms with Crippen molar-refractivity contribution in [1.29, 1.82) is 0 Å². The molecule has 2 heteroatoms. The Morgan fingerprint density at radius 2 is 1.20 bits per heavy atom. The first-order valence-electron chi connectivity index (χ1n) is 7.90. The van der Waals surface area contributed by atoms with Crippen LogP contribution in [-0.2, 0) is 10.0 Å². The van der Waals surface area contributed by atoms with Gasteiger partial charge in [-0.2, -0.15) is 0 Å². The molecule has 0 N–H and O–H groups in total. The summed E-state index contributed by atoms with van der Waals surface area (Å²) >= 11 is 0. The first-order valence-corrected chi connectivity index (χ1v) is 10.0. The average Bonchev–Trinajstić information content (AvgIpc) is 2.35. The summed E-state index contributed by atoms with van der Waals surface area (Å²) in [5, 5.41) is 0. The fourth-order valence-corrected chi connectivity index (χ4v) is 9.40. The predicted molar refractivity (Wildman–Crippen MR) is 91.6 cm³/mol. The minimum Gasteiger partial charge on any atom is -0.407 e. The van der Waals surface area contributed by atoms with E-state index < -0.39 is 8.32 Å². The van der Waals surface area contributed by atoms with Gasteiger partial charge in [0.2, 0.25) is 8.32 Å². The normalized spacial score (nSPS) is 13.6. The third-order valence-corrected chi connectivity index (χ3v) is 10.9. The number of hydrogen-bond acceptors (Lipinski definition) is 1. The smallest absolute Gasteiger partial charge is 0.201 e. The van der Waals surface area contributed by atoms with E-state index in [1.54, 1.807) is 0 Å². The summed E-state index contributed by atoms with van der Waals surface area (Å²) in [5.74, 6) is 0. The summed E-state index contributed by atoms with van der Waals surface area (Å²) < 4.78 is 6.93. The fraction of sp³-hybridized carbons (Fsp3) is 0.667. The van der Waals surface area contributed by atoms with Crippen LogP contribution in [0.1, 0.15) is 61.0 Å². The van der Waals surface area contributed by atoms with Gasteiger partial charge in [0, 0.05) is 0 Å². The van der Waals surface area contributed by atoms with E-state index >= 15 is 0 Å². The zero-order valence-electron chi connectivity index (χ0n) is 14.5. The van der Waals surface area contributed by atoms with Crippen LogP contribution in [0.4, 0.5) is 0 Å². The molecule has 1 rings (SSSR count). The fourth-order valence-electron chi connectivity index (χ4n) is 3.69. The Hall–Kier alpha value is -0.603. The van der Waals surface area contributed by atoms with E-state index in [1.165, 1.54) is 5.56 Å². The molecule has 1 nitrogen and oxygen atoms in total. The highest BCUT2D eigenvalue weighted by Crippen LogP contribution is 2.46. The van der Waals surface area contributed by atoms with E-state index in [9.17, 15) is 0 Å². The van der Waals surface area contributed by atoms with E-state index in [0.717, 1.165) is 0 Å². The summed E-state index contributed by atoms with van der Waals surface area (Å²) in [7, 11) is -1.85. The van der Waals surface area contributed by atoms with Gasteiger partial charge in [-0.15, -0.1) is 0 Å². The highest BCUT2D eigenvalue weighted by atomic mass is 28.4. The maximum absolute atomic E-state index is 6.93. The van der Waals surface area contributed by atoms with Gasteiger partial charge < -0.3 is 4.43 Å². The van der Waals surface area contributed by atoms with Gasteiger partial charge in [0.15, 0.2) is 0 Å². The second-order valence-electron chi connectivity index (χ2n) is 7.30. The Bertz CT molecular complexity index is 385. The average molecular weight is 293 g/mol. The van der Waals surface area contributed by atoms with Crippen LogP contribution >= 0.6 is 0 Å². The molecule has 0 radical (unpaired) electrons. The molecule has 0 saturated carbocycles. The predicted octanol–water partition coefficient (Wildman–Crippen LogP) is 6.11. The topological polar surface area (TPSA) is 9.23 Å². The molecule has 0 aliphatic carbocycles. The molecule has 0 bridgehead atoms. The van der Waals surface area contributed by atoms with Crippen molar-refractivity contribution in [2.24, 2.45) is 0 Å². The highest BCUT2D eigenvalue weighted by Gasteiger charge is 2.48. The van der Waals surface area contributed by atoms with Crippen molar-refractivity contribution >= 4 is 8.32 Å². The maximum Gasteiger partial charge on any atom is 0.201 e. The van der Waals surface area contributed by atoms with Gasteiger partial charge in [-0.25, -0.2) is 0 Å². The quantitative estimate of drug-likeness (QED) is 0.574. The van der Waals surface area contributed by atoms with Crippen LogP contribution in [0.15, 0.2) is 30.3 Å². The molecule has 20 heavy (non-hydrogen) atoms. The van der Waals surface area contributed by atoms with Crippen molar-refractivity contribution < 1.29 is 4.43 Å². The number of rotatable bonds is 6. The van der Waals surface area contributed by atoms with Crippen LogP contribution < -0.4 is 0 Å². The zero-order valence-corrected chi connectivity index (χ0v) is 15.5. The highest BCUT2D eigenvalue weighted by molar-refractivity contribution is 6.77. The van der Waals surface area contributed by atoms with Gasteiger partial charge >= 0.3 is 0 Å². The summed E-state index contributed by atoms with van der Waals surface area (Å²) in [5.41, 5.74) is 2.91. The molecule has 0 spiro atoms. The first kappa shape index (κ1) is 17.4. The lowest BCUT2D eigenvalue weighted by molar-refractivity contribution is 0.0844. The molecule has 0 heterocycles. The molecule has 0 fully saturated rings. The Morgan fingerprint density at radius 1 is 0.800 bits per heavy atom. The third-order valence-electron chi connectivity index (χ3n) is 4.61. The Kier molecular flexibility index (Phi) is 5.62. The van der Waals surface area contributed by atoms with E-state index in [2.05, 4.69) is 85.7 Å². The van der Waals surface area contributed by atoms with Gasteiger partial charge in [-0.1, -0.05) is 71.9 Å². The number of hydrogen-bond donors (Lipinski definition) is 0. The molecule has 114 valence electrons. The van der Waals surface area contributed by atoms with Crippen molar-refractivity contribution in [1.82, 2.24) is 0 Å². The van der Waals surface area contributed by atoms with E-state index in [1.807, 2.05) is 0 Å². The Labute approximate surface area is 126 Å². The molecular formula is C18H32OSi. The van der Waals surface area contributed by atoms with Crippen LogP contribution in [0.3, 0.4) is 0 Å². The van der Waals surface area contributed by atoms with E-state index in [4.69, 9.17) is 4.43 Å². The zero-order chi connectivity index (χ0) is 15.6. The van der Waals surface area contributed by atoms with Gasteiger partial charge in [-0.3, -0.25) is 0 Å². The molecule has 1 aromatic rings. The lowest BCUT2D eigenvalue weighted by Gasteiger charge is -2.47.